The number of hydrogen-bond acceptors (Lipinski definition) is 8. The summed E-state index contributed by atoms with van der Waals surface area (Å²) in [7, 11) is 0. The summed E-state index contributed by atoms with van der Waals surface area (Å²) in [6, 6.07) is 9.09. The average molecular weight is 415 g/mol. The van der Waals surface area contributed by atoms with Crippen LogP contribution in [0.4, 0.5) is 0 Å². The van der Waals surface area contributed by atoms with E-state index in [0.717, 1.165) is 11.3 Å². The van der Waals surface area contributed by atoms with Crippen LogP contribution in [0.5, 0.6) is 11.5 Å². The molecule has 29 heavy (non-hydrogen) atoms. The average Bonchev–Trinajstić information content (AvgIpc) is 3.41. The Morgan fingerprint density at radius 3 is 2.76 bits per heavy atom. The van der Waals surface area contributed by atoms with Crippen LogP contribution in [0.2, 0.25) is 0 Å². The molecule has 1 aromatic carbocycles. The van der Waals surface area contributed by atoms with Gasteiger partial charge in [0.25, 0.3) is 11.1 Å². The van der Waals surface area contributed by atoms with E-state index in [1.54, 1.807) is 12.1 Å². The fourth-order valence-electron chi connectivity index (χ4n) is 3.00. The van der Waals surface area contributed by atoms with E-state index < -0.39 is 0 Å². The first-order valence-corrected chi connectivity index (χ1v) is 10.3. The highest BCUT2D eigenvalue weighted by atomic mass is 32.2. The zero-order valence-corrected chi connectivity index (χ0v) is 16.9. The molecule has 0 saturated carbocycles. The molecule has 0 radical (unpaired) electrons. The summed E-state index contributed by atoms with van der Waals surface area (Å²) in [5.41, 5.74) is 0.973. The molecule has 3 heterocycles. The largest absolute Gasteiger partial charge is 0.486 e. The predicted molar refractivity (Wildman–Crippen MR) is 106 cm³/mol. The van der Waals surface area contributed by atoms with Gasteiger partial charge in [-0.3, -0.25) is 4.79 Å². The second-order valence-electron chi connectivity index (χ2n) is 6.83. The Bertz CT molecular complexity index is 970. The van der Waals surface area contributed by atoms with Crippen molar-refractivity contribution in [1.29, 1.82) is 0 Å². The van der Waals surface area contributed by atoms with E-state index in [1.807, 2.05) is 18.2 Å². The van der Waals surface area contributed by atoms with Crippen LogP contribution in [-0.2, 0) is 4.79 Å². The molecule has 1 aliphatic heterocycles. The number of thioether (sulfide) groups is 1. The van der Waals surface area contributed by atoms with Crippen molar-refractivity contribution in [1.82, 2.24) is 15.5 Å². The second-order valence-corrected chi connectivity index (χ2v) is 7.76. The van der Waals surface area contributed by atoms with Gasteiger partial charge in [-0.1, -0.05) is 31.7 Å². The van der Waals surface area contributed by atoms with E-state index in [1.165, 1.54) is 18.0 Å². The monoisotopic (exact) mass is 415 g/mol. The van der Waals surface area contributed by atoms with E-state index in [2.05, 4.69) is 29.4 Å². The molecule has 9 heteroatoms. The normalized spacial score (nSPS) is 14.0. The topological polar surface area (TPSA) is 99.6 Å². The number of fused-ring (bicyclic) bond motifs is 1. The Balaban J connectivity index is 1.38. The molecule has 0 bridgehead atoms. The van der Waals surface area contributed by atoms with Gasteiger partial charge < -0.3 is 23.6 Å². The lowest BCUT2D eigenvalue weighted by Gasteiger charge is -2.25. The smallest absolute Gasteiger partial charge is 0.284 e. The van der Waals surface area contributed by atoms with Crippen molar-refractivity contribution >= 4 is 17.7 Å². The van der Waals surface area contributed by atoms with Gasteiger partial charge in [0.2, 0.25) is 5.91 Å². The van der Waals surface area contributed by atoms with Gasteiger partial charge in [-0.2, -0.15) is 0 Å². The number of furan rings is 1. The molecule has 1 amide bonds. The van der Waals surface area contributed by atoms with Crippen LogP contribution in [-0.4, -0.2) is 35.1 Å². The van der Waals surface area contributed by atoms with E-state index >= 15 is 0 Å². The van der Waals surface area contributed by atoms with E-state index in [9.17, 15) is 4.79 Å². The number of rotatable bonds is 7. The van der Waals surface area contributed by atoms with Crippen molar-refractivity contribution in [2.75, 3.05) is 19.0 Å². The molecule has 2 aromatic heterocycles. The quantitative estimate of drug-likeness (QED) is 0.583. The minimum Gasteiger partial charge on any atom is -0.486 e. The first-order chi connectivity index (χ1) is 14.1. The second kappa shape index (κ2) is 8.60. The summed E-state index contributed by atoms with van der Waals surface area (Å²) < 4.78 is 22.0. The molecule has 1 N–H and O–H groups in total. The standard InChI is InChI=1S/C20H21N3O5S/c1-12(2)18(13-5-6-14-16(10-13)27-9-8-26-14)21-17(24)11-29-20-23-22-19(28-20)15-4-3-7-25-15/h3-7,10,12,18H,8-9,11H2,1-2H3,(H,21,24)/t18-/m1/s1. The Morgan fingerprint density at radius 1 is 1.17 bits per heavy atom. The highest BCUT2D eigenvalue weighted by Gasteiger charge is 2.22. The first-order valence-electron chi connectivity index (χ1n) is 9.29. The number of ether oxygens (including phenoxy) is 2. The molecule has 0 spiro atoms. The number of nitrogens with one attached hydrogen (secondary N) is 1. The number of hydrogen-bond donors (Lipinski definition) is 1. The summed E-state index contributed by atoms with van der Waals surface area (Å²) in [5.74, 6) is 2.45. The molecule has 4 rings (SSSR count). The van der Waals surface area contributed by atoms with Crippen molar-refractivity contribution in [3.8, 4) is 23.1 Å². The van der Waals surface area contributed by atoms with Gasteiger partial charge in [0.15, 0.2) is 17.3 Å². The molecule has 0 fully saturated rings. The van der Waals surface area contributed by atoms with Gasteiger partial charge in [0, 0.05) is 0 Å². The molecular weight excluding hydrogens is 394 g/mol. The first kappa shape index (κ1) is 19.4. The third-order valence-corrected chi connectivity index (χ3v) is 5.19. The zero-order chi connectivity index (χ0) is 20.2. The number of nitrogens with zero attached hydrogens (tertiary/aromatic N) is 2. The highest BCUT2D eigenvalue weighted by molar-refractivity contribution is 7.99. The summed E-state index contributed by atoms with van der Waals surface area (Å²) >= 11 is 1.18. The summed E-state index contributed by atoms with van der Waals surface area (Å²) in [6.07, 6.45) is 1.53. The SMILES string of the molecule is CC(C)[C@@H](NC(=O)CSc1nnc(-c2ccco2)o1)c1ccc2c(c1)OCCO2. The van der Waals surface area contributed by atoms with Gasteiger partial charge in [0.1, 0.15) is 13.2 Å². The lowest BCUT2D eigenvalue weighted by Crippen LogP contribution is -2.33. The van der Waals surface area contributed by atoms with Crippen LogP contribution < -0.4 is 14.8 Å². The summed E-state index contributed by atoms with van der Waals surface area (Å²) in [4.78, 5) is 12.5. The number of benzene rings is 1. The van der Waals surface area contributed by atoms with Crippen molar-refractivity contribution in [3.63, 3.8) is 0 Å². The maximum absolute atomic E-state index is 12.5. The Hall–Kier alpha value is -2.94. The molecule has 152 valence electrons. The lowest BCUT2D eigenvalue weighted by atomic mass is 9.95. The Morgan fingerprint density at radius 2 is 2.00 bits per heavy atom. The van der Waals surface area contributed by atoms with E-state index in [0.29, 0.717) is 29.9 Å². The molecule has 0 aliphatic carbocycles. The number of carbonyl (C=O) groups is 1. The van der Waals surface area contributed by atoms with Crippen LogP contribution in [0.25, 0.3) is 11.7 Å². The minimum atomic E-state index is -0.153. The molecular formula is C20H21N3O5S. The van der Waals surface area contributed by atoms with Crippen LogP contribution in [0.1, 0.15) is 25.5 Å². The fourth-order valence-corrected chi connectivity index (χ4v) is 3.57. The maximum atomic E-state index is 12.5. The van der Waals surface area contributed by atoms with Crippen molar-refractivity contribution in [3.05, 3.63) is 42.2 Å². The van der Waals surface area contributed by atoms with Crippen LogP contribution in [0.15, 0.2) is 50.7 Å². The summed E-state index contributed by atoms with van der Waals surface area (Å²) in [6.45, 7) is 5.19. The molecule has 0 unspecified atom stereocenters. The lowest BCUT2D eigenvalue weighted by molar-refractivity contribution is -0.119. The van der Waals surface area contributed by atoms with Gasteiger partial charge in [0.05, 0.1) is 18.1 Å². The Labute approximate surface area is 172 Å². The molecule has 1 atom stereocenters. The maximum Gasteiger partial charge on any atom is 0.284 e. The number of aromatic nitrogens is 2. The highest BCUT2D eigenvalue weighted by Crippen LogP contribution is 2.34. The van der Waals surface area contributed by atoms with Crippen molar-refractivity contribution in [2.45, 2.75) is 25.1 Å². The molecule has 3 aromatic rings. The summed E-state index contributed by atoms with van der Waals surface area (Å²) in [5, 5.41) is 11.3. The molecule has 1 aliphatic rings. The van der Waals surface area contributed by atoms with E-state index in [4.69, 9.17) is 18.3 Å². The van der Waals surface area contributed by atoms with Crippen molar-refractivity contribution < 1.29 is 23.1 Å². The fraction of sp³-hybridized carbons (Fsp3) is 0.350. The molecule has 8 nitrogen and oxygen atoms in total. The number of amides is 1. The van der Waals surface area contributed by atoms with Crippen LogP contribution in [0, 0.1) is 5.92 Å². The van der Waals surface area contributed by atoms with Crippen LogP contribution >= 0.6 is 11.8 Å². The third-order valence-electron chi connectivity index (χ3n) is 4.37. The van der Waals surface area contributed by atoms with Gasteiger partial charge in [-0.25, -0.2) is 0 Å². The van der Waals surface area contributed by atoms with Gasteiger partial charge >= 0.3 is 0 Å². The number of carbonyl (C=O) groups excluding carboxylic acids is 1. The van der Waals surface area contributed by atoms with Crippen LogP contribution in [0.3, 0.4) is 0 Å². The predicted octanol–water partition coefficient (Wildman–Crippen LogP) is 3.71. The minimum absolute atomic E-state index is 0.124. The zero-order valence-electron chi connectivity index (χ0n) is 16.1. The van der Waals surface area contributed by atoms with E-state index in [-0.39, 0.29) is 29.5 Å². The van der Waals surface area contributed by atoms with Gasteiger partial charge in [-0.15, -0.1) is 10.2 Å². The van der Waals surface area contributed by atoms with Crippen molar-refractivity contribution in [2.24, 2.45) is 5.92 Å². The Kier molecular flexibility index (Phi) is 5.75. The molecule has 0 saturated heterocycles. The van der Waals surface area contributed by atoms with Gasteiger partial charge in [-0.05, 0) is 35.7 Å². The third kappa shape index (κ3) is 4.56.